The van der Waals surface area contributed by atoms with Gasteiger partial charge in [-0.1, -0.05) is 6.92 Å². The number of piperidine rings is 1. The zero-order valence-electron chi connectivity index (χ0n) is 12.2. The number of rotatable bonds is 4. The number of hydrogen-bond acceptors (Lipinski definition) is 5. The molecule has 7 heteroatoms. The lowest BCUT2D eigenvalue weighted by molar-refractivity contribution is 0.567. The maximum absolute atomic E-state index is 6.07. The Morgan fingerprint density at radius 3 is 2.71 bits per heavy atom. The summed E-state index contributed by atoms with van der Waals surface area (Å²) < 4.78 is 1.90. The van der Waals surface area contributed by atoms with Gasteiger partial charge in [0, 0.05) is 25.8 Å². The van der Waals surface area contributed by atoms with Crippen LogP contribution in [0.4, 0.5) is 5.95 Å². The number of aromatic nitrogens is 5. The van der Waals surface area contributed by atoms with E-state index >= 15 is 0 Å². The Labute approximate surface area is 129 Å². The van der Waals surface area contributed by atoms with E-state index in [1.165, 1.54) is 19.3 Å². The van der Waals surface area contributed by atoms with Crippen molar-refractivity contribution in [2.75, 3.05) is 18.0 Å². The zero-order chi connectivity index (χ0) is 14.7. The summed E-state index contributed by atoms with van der Waals surface area (Å²) in [6.07, 6.45) is 8.39. The summed E-state index contributed by atoms with van der Waals surface area (Å²) in [6.45, 7) is 4.97. The van der Waals surface area contributed by atoms with Gasteiger partial charge in [-0.15, -0.1) is 0 Å². The Bertz CT molecular complexity index is 605. The molecule has 0 radical (unpaired) electrons. The molecule has 0 N–H and O–H groups in total. The van der Waals surface area contributed by atoms with E-state index in [-0.39, 0.29) is 5.28 Å². The van der Waals surface area contributed by atoms with Gasteiger partial charge in [-0.3, -0.25) is 4.68 Å². The second-order valence-corrected chi connectivity index (χ2v) is 5.61. The molecule has 0 unspecified atom stereocenters. The molecule has 0 bridgehead atoms. The van der Waals surface area contributed by atoms with Crippen LogP contribution in [0.3, 0.4) is 0 Å². The third-order valence-corrected chi connectivity index (χ3v) is 3.75. The molecule has 0 saturated carbocycles. The summed E-state index contributed by atoms with van der Waals surface area (Å²) in [5, 5.41) is 4.55. The molecular formula is C14H19ClN6. The first-order chi connectivity index (χ1) is 10.3. The average Bonchev–Trinajstić information content (AvgIpc) is 2.97. The molecule has 0 atom stereocenters. The van der Waals surface area contributed by atoms with E-state index in [4.69, 9.17) is 11.6 Å². The highest BCUT2D eigenvalue weighted by atomic mass is 35.5. The topological polar surface area (TPSA) is 59.7 Å². The van der Waals surface area contributed by atoms with Crippen LogP contribution in [0.5, 0.6) is 0 Å². The summed E-state index contributed by atoms with van der Waals surface area (Å²) >= 11 is 6.07. The van der Waals surface area contributed by atoms with Crippen LogP contribution >= 0.6 is 11.6 Å². The number of anilines is 1. The third kappa shape index (κ3) is 3.32. The van der Waals surface area contributed by atoms with Gasteiger partial charge in [0.2, 0.25) is 11.2 Å². The Balaban J connectivity index is 1.89. The predicted octanol–water partition coefficient (Wildman–Crippen LogP) is 2.79. The summed E-state index contributed by atoms with van der Waals surface area (Å²) in [7, 11) is 0. The maximum Gasteiger partial charge on any atom is 0.230 e. The maximum atomic E-state index is 6.07. The normalized spacial score (nSPS) is 15.4. The molecule has 1 aliphatic rings. The van der Waals surface area contributed by atoms with Crippen molar-refractivity contribution in [2.24, 2.45) is 0 Å². The van der Waals surface area contributed by atoms with Crippen molar-refractivity contribution in [3.8, 4) is 11.4 Å². The first kappa shape index (κ1) is 14.3. The van der Waals surface area contributed by atoms with Crippen molar-refractivity contribution in [1.29, 1.82) is 0 Å². The lowest BCUT2D eigenvalue weighted by Gasteiger charge is -2.26. The molecule has 2 aromatic rings. The standard InChI is InChI=1S/C14H19ClN6/c1-2-6-21-10-11(9-16-21)12-17-13(15)19-14(18-12)20-7-4-3-5-8-20/h9-10H,2-8H2,1H3. The largest absolute Gasteiger partial charge is 0.341 e. The molecule has 6 nitrogen and oxygen atoms in total. The second kappa shape index (κ2) is 6.39. The van der Waals surface area contributed by atoms with Crippen LogP contribution in [0.1, 0.15) is 32.6 Å². The SMILES string of the molecule is CCCn1cc(-c2nc(Cl)nc(N3CCCCC3)n2)cn1. The highest BCUT2D eigenvalue weighted by Crippen LogP contribution is 2.21. The van der Waals surface area contributed by atoms with Gasteiger partial charge in [-0.2, -0.15) is 20.1 Å². The van der Waals surface area contributed by atoms with E-state index in [0.29, 0.717) is 11.8 Å². The van der Waals surface area contributed by atoms with Crippen molar-refractivity contribution in [3.05, 3.63) is 17.7 Å². The molecule has 1 aliphatic heterocycles. The molecule has 0 aliphatic carbocycles. The number of aryl methyl sites for hydroxylation is 1. The lowest BCUT2D eigenvalue weighted by Crippen LogP contribution is -2.31. The third-order valence-electron chi connectivity index (χ3n) is 3.58. The van der Waals surface area contributed by atoms with Crippen LogP contribution in [0.2, 0.25) is 5.28 Å². The first-order valence-corrected chi connectivity index (χ1v) is 7.83. The highest BCUT2D eigenvalue weighted by Gasteiger charge is 2.16. The van der Waals surface area contributed by atoms with Crippen LogP contribution in [-0.2, 0) is 6.54 Å². The average molecular weight is 307 g/mol. The predicted molar refractivity (Wildman–Crippen MR) is 82.4 cm³/mol. The van der Waals surface area contributed by atoms with Crippen LogP contribution in [0.25, 0.3) is 11.4 Å². The summed E-state index contributed by atoms with van der Waals surface area (Å²) in [6, 6.07) is 0. The van der Waals surface area contributed by atoms with Crippen molar-refractivity contribution >= 4 is 17.5 Å². The zero-order valence-corrected chi connectivity index (χ0v) is 12.9. The van der Waals surface area contributed by atoms with Gasteiger partial charge in [0.1, 0.15) is 0 Å². The van der Waals surface area contributed by atoms with Crippen LogP contribution in [0.15, 0.2) is 12.4 Å². The Hall–Kier alpha value is -1.69. The van der Waals surface area contributed by atoms with Crippen molar-refractivity contribution in [2.45, 2.75) is 39.2 Å². The molecular weight excluding hydrogens is 288 g/mol. The fourth-order valence-corrected chi connectivity index (χ4v) is 2.69. The summed E-state index contributed by atoms with van der Waals surface area (Å²) in [5.41, 5.74) is 0.881. The van der Waals surface area contributed by atoms with Gasteiger partial charge in [-0.25, -0.2) is 0 Å². The minimum absolute atomic E-state index is 0.240. The summed E-state index contributed by atoms with van der Waals surface area (Å²) in [4.78, 5) is 15.2. The number of hydrogen-bond donors (Lipinski definition) is 0. The van der Waals surface area contributed by atoms with Gasteiger partial charge < -0.3 is 4.90 Å². The molecule has 3 rings (SSSR count). The van der Waals surface area contributed by atoms with E-state index in [1.807, 2.05) is 10.9 Å². The van der Waals surface area contributed by atoms with Gasteiger partial charge in [0.25, 0.3) is 0 Å². The van der Waals surface area contributed by atoms with E-state index in [1.54, 1.807) is 6.20 Å². The van der Waals surface area contributed by atoms with E-state index in [9.17, 15) is 0 Å². The minimum atomic E-state index is 0.240. The van der Waals surface area contributed by atoms with Crippen LogP contribution in [-0.4, -0.2) is 37.8 Å². The Morgan fingerprint density at radius 2 is 1.95 bits per heavy atom. The minimum Gasteiger partial charge on any atom is -0.341 e. The van der Waals surface area contributed by atoms with Gasteiger partial charge in [-0.05, 0) is 37.3 Å². The molecule has 112 valence electrons. The molecule has 21 heavy (non-hydrogen) atoms. The Morgan fingerprint density at radius 1 is 1.14 bits per heavy atom. The second-order valence-electron chi connectivity index (χ2n) is 5.27. The van der Waals surface area contributed by atoms with Crippen molar-refractivity contribution in [1.82, 2.24) is 24.7 Å². The number of halogens is 1. The highest BCUT2D eigenvalue weighted by molar-refractivity contribution is 6.28. The van der Waals surface area contributed by atoms with Crippen LogP contribution < -0.4 is 4.90 Å². The molecule has 1 saturated heterocycles. The molecule has 3 heterocycles. The van der Waals surface area contributed by atoms with Gasteiger partial charge in [0.15, 0.2) is 5.82 Å². The van der Waals surface area contributed by atoms with Gasteiger partial charge >= 0.3 is 0 Å². The number of nitrogens with zero attached hydrogens (tertiary/aromatic N) is 6. The van der Waals surface area contributed by atoms with Crippen molar-refractivity contribution in [3.63, 3.8) is 0 Å². The fraction of sp³-hybridized carbons (Fsp3) is 0.571. The quantitative estimate of drug-likeness (QED) is 0.869. The fourth-order valence-electron chi connectivity index (χ4n) is 2.53. The lowest BCUT2D eigenvalue weighted by atomic mass is 10.1. The monoisotopic (exact) mass is 306 g/mol. The van der Waals surface area contributed by atoms with E-state index < -0.39 is 0 Å². The van der Waals surface area contributed by atoms with E-state index in [0.717, 1.165) is 31.6 Å². The molecule has 0 aromatic carbocycles. The summed E-state index contributed by atoms with van der Waals surface area (Å²) in [5.74, 6) is 1.27. The van der Waals surface area contributed by atoms with Gasteiger partial charge in [0.05, 0.1) is 11.8 Å². The van der Waals surface area contributed by atoms with E-state index in [2.05, 4.69) is 31.9 Å². The molecule has 2 aromatic heterocycles. The van der Waals surface area contributed by atoms with Crippen LogP contribution in [0, 0.1) is 0 Å². The Kier molecular flexibility index (Phi) is 4.34. The smallest absolute Gasteiger partial charge is 0.230 e. The molecule has 0 spiro atoms. The first-order valence-electron chi connectivity index (χ1n) is 7.45. The van der Waals surface area contributed by atoms with Crippen molar-refractivity contribution < 1.29 is 0 Å². The molecule has 0 amide bonds. The molecule has 1 fully saturated rings.